The molecular formula is C18H34N2O. The zero-order chi connectivity index (χ0) is 15.2. The van der Waals surface area contributed by atoms with Crippen molar-refractivity contribution in [1.82, 2.24) is 4.90 Å². The Labute approximate surface area is 130 Å². The highest BCUT2D eigenvalue weighted by Gasteiger charge is 2.28. The van der Waals surface area contributed by atoms with E-state index in [4.69, 9.17) is 5.73 Å². The molecule has 2 fully saturated rings. The highest BCUT2D eigenvalue weighted by atomic mass is 16.2. The molecular weight excluding hydrogens is 260 g/mol. The first-order valence-electron chi connectivity index (χ1n) is 9.09. The molecule has 2 rings (SSSR count). The third-order valence-corrected chi connectivity index (χ3v) is 6.10. The van der Waals surface area contributed by atoms with E-state index in [0.717, 1.165) is 18.9 Å². The van der Waals surface area contributed by atoms with Crippen LogP contribution in [0.1, 0.15) is 71.1 Å². The summed E-state index contributed by atoms with van der Waals surface area (Å²) in [5.74, 6) is 2.59. The Bertz CT molecular complexity index is 315. The van der Waals surface area contributed by atoms with Crippen LogP contribution >= 0.6 is 0 Å². The molecule has 0 radical (unpaired) electrons. The van der Waals surface area contributed by atoms with Crippen molar-refractivity contribution in [2.24, 2.45) is 23.5 Å². The van der Waals surface area contributed by atoms with E-state index in [1.807, 2.05) is 7.05 Å². The molecule has 0 aromatic rings. The van der Waals surface area contributed by atoms with Crippen molar-refractivity contribution < 1.29 is 4.79 Å². The average molecular weight is 294 g/mol. The molecule has 3 heteroatoms. The van der Waals surface area contributed by atoms with Gasteiger partial charge in [0.25, 0.3) is 0 Å². The topological polar surface area (TPSA) is 46.3 Å². The molecule has 0 bridgehead atoms. The number of nitrogens with two attached hydrogens (primary N) is 1. The molecule has 2 N–H and O–H groups in total. The maximum absolute atomic E-state index is 12.5. The van der Waals surface area contributed by atoms with Crippen LogP contribution in [0.25, 0.3) is 0 Å². The van der Waals surface area contributed by atoms with Crippen LogP contribution in [0.3, 0.4) is 0 Å². The van der Waals surface area contributed by atoms with Crippen molar-refractivity contribution in [3.05, 3.63) is 0 Å². The van der Waals surface area contributed by atoms with Gasteiger partial charge in [-0.1, -0.05) is 13.3 Å². The first kappa shape index (κ1) is 16.8. The Kier molecular flexibility index (Phi) is 6.53. The summed E-state index contributed by atoms with van der Waals surface area (Å²) in [5.41, 5.74) is 5.74. The van der Waals surface area contributed by atoms with Crippen molar-refractivity contribution in [1.29, 1.82) is 0 Å². The summed E-state index contributed by atoms with van der Waals surface area (Å²) < 4.78 is 0. The lowest BCUT2D eigenvalue weighted by Crippen LogP contribution is -2.40. The molecule has 0 unspecified atom stereocenters. The van der Waals surface area contributed by atoms with E-state index in [1.54, 1.807) is 0 Å². The van der Waals surface area contributed by atoms with Gasteiger partial charge in [0.05, 0.1) is 0 Å². The molecule has 0 heterocycles. The Hall–Kier alpha value is -0.570. The third-order valence-electron chi connectivity index (χ3n) is 6.10. The van der Waals surface area contributed by atoms with Crippen LogP contribution in [0.4, 0.5) is 0 Å². The van der Waals surface area contributed by atoms with Crippen LogP contribution in [0, 0.1) is 17.8 Å². The molecule has 1 amide bonds. The standard InChI is InChI=1S/C18H34N2O/c1-3-14-8-10-17(11-9-14)20(2)18(21)12-15-4-6-16(13-19)7-5-15/h14-17H,3-13,19H2,1-2H3. The number of nitrogens with zero attached hydrogens (tertiary/aromatic N) is 1. The second kappa shape index (κ2) is 8.17. The number of amides is 1. The van der Waals surface area contributed by atoms with Gasteiger partial charge in [0.15, 0.2) is 0 Å². The molecule has 2 aliphatic rings. The van der Waals surface area contributed by atoms with Crippen molar-refractivity contribution >= 4 is 5.91 Å². The fourth-order valence-corrected chi connectivity index (χ4v) is 4.21. The SMILES string of the molecule is CCC1CCC(N(C)C(=O)CC2CCC(CN)CC2)CC1. The summed E-state index contributed by atoms with van der Waals surface area (Å²) in [4.78, 5) is 14.6. The predicted molar refractivity (Wildman–Crippen MR) is 87.9 cm³/mol. The smallest absolute Gasteiger partial charge is 0.222 e. The minimum atomic E-state index is 0.381. The van der Waals surface area contributed by atoms with Crippen LogP contribution < -0.4 is 5.73 Å². The van der Waals surface area contributed by atoms with E-state index in [1.165, 1.54) is 57.8 Å². The van der Waals surface area contributed by atoms with Gasteiger partial charge in [-0.3, -0.25) is 4.79 Å². The molecule has 0 atom stereocenters. The van der Waals surface area contributed by atoms with Gasteiger partial charge in [-0.15, -0.1) is 0 Å². The zero-order valence-electron chi connectivity index (χ0n) is 14.0. The molecule has 0 aliphatic heterocycles. The lowest BCUT2D eigenvalue weighted by molar-refractivity contribution is -0.134. The fraction of sp³-hybridized carbons (Fsp3) is 0.944. The van der Waals surface area contributed by atoms with E-state index in [9.17, 15) is 4.79 Å². The predicted octanol–water partition coefficient (Wildman–Crippen LogP) is 3.57. The first-order chi connectivity index (χ1) is 10.1. The minimum absolute atomic E-state index is 0.381. The molecule has 21 heavy (non-hydrogen) atoms. The lowest BCUT2D eigenvalue weighted by Gasteiger charge is -2.36. The van der Waals surface area contributed by atoms with Gasteiger partial charge in [-0.25, -0.2) is 0 Å². The summed E-state index contributed by atoms with van der Waals surface area (Å²) in [6.45, 7) is 3.11. The Morgan fingerprint density at radius 2 is 1.48 bits per heavy atom. The van der Waals surface area contributed by atoms with Crippen LogP contribution in [0.2, 0.25) is 0 Å². The van der Waals surface area contributed by atoms with Crippen LogP contribution in [0.5, 0.6) is 0 Å². The van der Waals surface area contributed by atoms with Gasteiger partial charge in [0.1, 0.15) is 0 Å². The van der Waals surface area contributed by atoms with Crippen molar-refractivity contribution in [3.63, 3.8) is 0 Å². The quantitative estimate of drug-likeness (QED) is 0.842. The second-order valence-electron chi connectivity index (χ2n) is 7.41. The highest BCUT2D eigenvalue weighted by Crippen LogP contribution is 2.32. The van der Waals surface area contributed by atoms with E-state index in [0.29, 0.717) is 23.8 Å². The first-order valence-corrected chi connectivity index (χ1v) is 9.09. The third kappa shape index (κ3) is 4.70. The summed E-state index contributed by atoms with van der Waals surface area (Å²) in [6, 6.07) is 0.501. The maximum atomic E-state index is 12.5. The summed E-state index contributed by atoms with van der Waals surface area (Å²) in [7, 11) is 2.03. The van der Waals surface area contributed by atoms with E-state index in [2.05, 4.69) is 11.8 Å². The van der Waals surface area contributed by atoms with Gasteiger partial charge in [-0.05, 0) is 75.7 Å². The molecule has 0 spiro atoms. The van der Waals surface area contributed by atoms with Crippen LogP contribution in [0.15, 0.2) is 0 Å². The molecule has 2 aliphatic carbocycles. The molecule has 0 aromatic heterocycles. The van der Waals surface area contributed by atoms with Gasteiger partial charge in [0.2, 0.25) is 5.91 Å². The van der Waals surface area contributed by atoms with E-state index in [-0.39, 0.29) is 0 Å². The molecule has 0 aromatic carbocycles. The van der Waals surface area contributed by atoms with Gasteiger partial charge in [-0.2, -0.15) is 0 Å². The van der Waals surface area contributed by atoms with Crippen molar-refractivity contribution in [2.45, 2.75) is 77.2 Å². The van der Waals surface area contributed by atoms with Crippen LogP contribution in [-0.4, -0.2) is 30.4 Å². The Morgan fingerprint density at radius 1 is 0.952 bits per heavy atom. The second-order valence-corrected chi connectivity index (χ2v) is 7.41. The minimum Gasteiger partial charge on any atom is -0.343 e. The Balaban J connectivity index is 1.73. The van der Waals surface area contributed by atoms with Crippen molar-refractivity contribution in [2.75, 3.05) is 13.6 Å². The van der Waals surface area contributed by atoms with Crippen LogP contribution in [-0.2, 0) is 4.79 Å². The molecule has 2 saturated carbocycles. The number of carbonyl (C=O) groups excluding carboxylic acids is 1. The monoisotopic (exact) mass is 294 g/mol. The molecule has 3 nitrogen and oxygen atoms in total. The number of rotatable bonds is 5. The highest BCUT2D eigenvalue weighted by molar-refractivity contribution is 5.76. The van der Waals surface area contributed by atoms with Crippen molar-refractivity contribution in [3.8, 4) is 0 Å². The average Bonchev–Trinajstić information content (AvgIpc) is 2.55. The summed E-state index contributed by atoms with van der Waals surface area (Å²) in [5, 5.41) is 0. The molecule has 0 saturated heterocycles. The van der Waals surface area contributed by atoms with Gasteiger partial charge in [0, 0.05) is 19.5 Å². The normalized spacial score (nSPS) is 33.7. The number of hydrogen-bond acceptors (Lipinski definition) is 2. The number of hydrogen-bond donors (Lipinski definition) is 1. The van der Waals surface area contributed by atoms with Gasteiger partial charge < -0.3 is 10.6 Å². The summed E-state index contributed by atoms with van der Waals surface area (Å²) >= 11 is 0. The summed E-state index contributed by atoms with van der Waals surface area (Å²) in [6.07, 6.45) is 11.9. The van der Waals surface area contributed by atoms with E-state index >= 15 is 0 Å². The zero-order valence-corrected chi connectivity index (χ0v) is 14.0. The lowest BCUT2D eigenvalue weighted by atomic mass is 9.80. The van der Waals surface area contributed by atoms with E-state index < -0.39 is 0 Å². The molecule has 122 valence electrons. The maximum Gasteiger partial charge on any atom is 0.222 e. The number of carbonyl (C=O) groups is 1. The van der Waals surface area contributed by atoms with Gasteiger partial charge >= 0.3 is 0 Å². The Morgan fingerprint density at radius 3 is 2.00 bits per heavy atom. The fourth-order valence-electron chi connectivity index (χ4n) is 4.21. The largest absolute Gasteiger partial charge is 0.343 e.